The maximum absolute atomic E-state index is 11.7. The molecule has 88 valence electrons. The van der Waals surface area contributed by atoms with Crippen molar-refractivity contribution >= 4 is 11.4 Å². The molecular weight excluding hydrogens is 212 g/mol. The first-order chi connectivity index (χ1) is 8.13. The average molecular weight is 228 g/mol. The molecule has 2 heteroatoms. The van der Waals surface area contributed by atoms with E-state index < -0.39 is 0 Å². The number of carbonyl (C=O) groups is 1. The van der Waals surface area contributed by atoms with E-state index in [1.165, 1.54) is 11.1 Å². The zero-order valence-electron chi connectivity index (χ0n) is 10.4. The summed E-state index contributed by atoms with van der Waals surface area (Å²) in [4.78, 5) is 11.7. The fraction of sp³-hybridized carbons (Fsp3) is 0.267. The zero-order chi connectivity index (χ0) is 12.4. The lowest BCUT2D eigenvalue weighted by atomic mass is 9.94. The van der Waals surface area contributed by atoms with Gasteiger partial charge in [-0.2, -0.15) is 0 Å². The van der Waals surface area contributed by atoms with Crippen molar-refractivity contribution in [2.45, 2.75) is 20.3 Å². The topological polar surface area (TPSA) is 26.3 Å². The first-order valence-corrected chi connectivity index (χ1v) is 5.69. The van der Waals surface area contributed by atoms with Gasteiger partial charge < -0.3 is 4.74 Å². The molecule has 0 saturated carbocycles. The number of benzene rings is 1. The molecule has 2 nitrogen and oxygen atoms in total. The fourth-order valence-electron chi connectivity index (χ4n) is 2.14. The van der Waals surface area contributed by atoms with Crippen molar-refractivity contribution in [1.29, 1.82) is 0 Å². The van der Waals surface area contributed by atoms with Crippen molar-refractivity contribution < 1.29 is 9.53 Å². The summed E-state index contributed by atoms with van der Waals surface area (Å²) in [6.45, 7) is 3.67. The molecule has 0 spiro atoms. The van der Waals surface area contributed by atoms with Gasteiger partial charge in [-0.1, -0.05) is 18.2 Å². The number of ketones is 1. The summed E-state index contributed by atoms with van der Waals surface area (Å²) >= 11 is 0. The lowest BCUT2D eigenvalue weighted by Crippen LogP contribution is -2.00. The summed E-state index contributed by atoms with van der Waals surface area (Å²) in [6, 6.07) is 5.69. The zero-order valence-corrected chi connectivity index (χ0v) is 10.4. The first kappa shape index (κ1) is 11.6. The van der Waals surface area contributed by atoms with E-state index in [0.717, 1.165) is 23.3 Å². The highest BCUT2D eigenvalue weighted by Gasteiger charge is 2.15. The minimum absolute atomic E-state index is 0.0751. The summed E-state index contributed by atoms with van der Waals surface area (Å²) < 4.78 is 5.17. The van der Waals surface area contributed by atoms with Crippen LogP contribution >= 0.6 is 0 Å². The van der Waals surface area contributed by atoms with Gasteiger partial charge in [-0.05, 0) is 49.1 Å². The van der Waals surface area contributed by atoms with Gasteiger partial charge in [0.25, 0.3) is 0 Å². The Morgan fingerprint density at radius 2 is 2.12 bits per heavy atom. The molecule has 2 rings (SSSR count). The Hall–Kier alpha value is -1.83. The van der Waals surface area contributed by atoms with E-state index in [1.807, 2.05) is 18.2 Å². The number of hydrogen-bond donors (Lipinski definition) is 0. The summed E-state index contributed by atoms with van der Waals surface area (Å²) in [5, 5.41) is 0. The molecule has 1 aliphatic rings. The normalized spacial score (nSPS) is 14.3. The Balaban J connectivity index is 2.54. The van der Waals surface area contributed by atoms with Crippen LogP contribution in [0.25, 0.3) is 5.57 Å². The number of methoxy groups -OCH3 is 1. The van der Waals surface area contributed by atoms with Gasteiger partial charge in [0.2, 0.25) is 0 Å². The van der Waals surface area contributed by atoms with Crippen molar-refractivity contribution in [2.75, 3.05) is 7.11 Å². The molecule has 0 aromatic heterocycles. The average Bonchev–Trinajstić information content (AvgIpc) is 2.74. The van der Waals surface area contributed by atoms with Crippen molar-refractivity contribution in [2.24, 2.45) is 0 Å². The lowest BCUT2D eigenvalue weighted by Gasteiger charge is -2.11. The fourth-order valence-corrected chi connectivity index (χ4v) is 2.14. The van der Waals surface area contributed by atoms with E-state index >= 15 is 0 Å². The Morgan fingerprint density at radius 1 is 1.35 bits per heavy atom. The third kappa shape index (κ3) is 2.16. The predicted molar refractivity (Wildman–Crippen MR) is 69.3 cm³/mol. The van der Waals surface area contributed by atoms with Gasteiger partial charge in [0.05, 0.1) is 7.11 Å². The van der Waals surface area contributed by atoms with Gasteiger partial charge in [0, 0.05) is 5.56 Å². The molecule has 0 atom stereocenters. The second-order valence-corrected chi connectivity index (χ2v) is 4.24. The molecule has 0 fully saturated rings. The maximum Gasteiger partial charge on any atom is 0.160 e. The number of allylic oxidation sites excluding steroid dienone is 4. The molecule has 0 radical (unpaired) electrons. The number of ether oxygens (including phenoxy) is 1. The van der Waals surface area contributed by atoms with E-state index in [1.54, 1.807) is 14.0 Å². The predicted octanol–water partition coefficient (Wildman–Crippen LogP) is 3.63. The van der Waals surface area contributed by atoms with Crippen LogP contribution in [0.5, 0.6) is 5.75 Å². The molecule has 1 aliphatic carbocycles. The van der Waals surface area contributed by atoms with Crippen LogP contribution in [0.2, 0.25) is 0 Å². The molecule has 0 heterocycles. The molecule has 0 unspecified atom stereocenters. The van der Waals surface area contributed by atoms with Crippen molar-refractivity contribution in [1.82, 2.24) is 0 Å². The van der Waals surface area contributed by atoms with Gasteiger partial charge in [0.15, 0.2) is 5.78 Å². The highest BCUT2D eigenvalue weighted by atomic mass is 16.5. The smallest absolute Gasteiger partial charge is 0.160 e. The summed E-state index contributed by atoms with van der Waals surface area (Å²) in [7, 11) is 1.61. The molecule has 0 aliphatic heterocycles. The van der Waals surface area contributed by atoms with Gasteiger partial charge >= 0.3 is 0 Å². The van der Waals surface area contributed by atoms with Crippen molar-refractivity contribution in [3.8, 4) is 5.75 Å². The quantitative estimate of drug-likeness (QED) is 0.738. The van der Waals surface area contributed by atoms with E-state index in [9.17, 15) is 4.79 Å². The number of Topliss-reactive ketones (excluding diaryl/α,β-unsaturated/α-hetero) is 1. The Bertz CT molecular complexity index is 522. The highest BCUT2D eigenvalue weighted by Crippen LogP contribution is 2.32. The van der Waals surface area contributed by atoms with E-state index in [-0.39, 0.29) is 5.78 Å². The second-order valence-electron chi connectivity index (χ2n) is 4.24. The Kier molecular flexibility index (Phi) is 3.14. The van der Waals surface area contributed by atoms with Gasteiger partial charge in [0.1, 0.15) is 5.75 Å². The number of carbonyl (C=O) groups excluding carboxylic acids is 1. The van der Waals surface area contributed by atoms with Gasteiger partial charge in [-0.3, -0.25) is 4.79 Å². The van der Waals surface area contributed by atoms with Gasteiger partial charge in [-0.25, -0.2) is 0 Å². The second kappa shape index (κ2) is 4.58. The molecular formula is C15H16O2. The lowest BCUT2D eigenvalue weighted by molar-refractivity contribution is 0.101. The minimum atomic E-state index is 0.0751. The van der Waals surface area contributed by atoms with Crippen LogP contribution in [-0.4, -0.2) is 12.9 Å². The molecule has 0 saturated heterocycles. The molecule has 0 bridgehead atoms. The molecule has 0 N–H and O–H groups in total. The summed E-state index contributed by atoms with van der Waals surface area (Å²) in [5.41, 5.74) is 4.23. The summed E-state index contributed by atoms with van der Waals surface area (Å²) in [6.07, 6.45) is 5.13. The molecule has 1 aromatic rings. The van der Waals surface area contributed by atoms with Crippen LogP contribution in [0.15, 0.2) is 35.9 Å². The standard InChI is InChI=1S/C15H16O2/c1-10-5-4-6-13(10)14-8-7-12(17-3)9-15(14)11(2)16/h4-5,7-9H,6H2,1-3H3. The van der Waals surface area contributed by atoms with Crippen LogP contribution in [0.1, 0.15) is 36.2 Å². The molecule has 0 amide bonds. The van der Waals surface area contributed by atoms with Crippen LogP contribution < -0.4 is 4.74 Å². The molecule has 1 aromatic carbocycles. The Morgan fingerprint density at radius 3 is 2.65 bits per heavy atom. The van der Waals surface area contributed by atoms with Crippen molar-refractivity contribution in [3.05, 3.63) is 47.1 Å². The minimum Gasteiger partial charge on any atom is -0.497 e. The van der Waals surface area contributed by atoms with Crippen LogP contribution in [0, 0.1) is 0 Å². The number of rotatable bonds is 3. The SMILES string of the molecule is COc1ccc(C2=C(C)C=CC2)c(C(C)=O)c1. The maximum atomic E-state index is 11.7. The number of hydrogen-bond acceptors (Lipinski definition) is 2. The van der Waals surface area contributed by atoms with E-state index in [0.29, 0.717) is 0 Å². The first-order valence-electron chi connectivity index (χ1n) is 5.69. The van der Waals surface area contributed by atoms with Crippen LogP contribution in [0.3, 0.4) is 0 Å². The third-order valence-corrected chi connectivity index (χ3v) is 3.10. The monoisotopic (exact) mass is 228 g/mol. The van der Waals surface area contributed by atoms with E-state index in [4.69, 9.17) is 4.74 Å². The van der Waals surface area contributed by atoms with Crippen LogP contribution in [-0.2, 0) is 0 Å². The molecule has 17 heavy (non-hydrogen) atoms. The highest BCUT2D eigenvalue weighted by molar-refractivity contribution is 6.00. The van der Waals surface area contributed by atoms with Crippen molar-refractivity contribution in [3.63, 3.8) is 0 Å². The Labute approximate surface area is 102 Å². The van der Waals surface area contributed by atoms with Gasteiger partial charge in [-0.15, -0.1) is 0 Å². The largest absolute Gasteiger partial charge is 0.497 e. The van der Waals surface area contributed by atoms with E-state index in [2.05, 4.69) is 19.1 Å². The van der Waals surface area contributed by atoms with Crippen LogP contribution in [0.4, 0.5) is 0 Å². The summed E-state index contributed by atoms with van der Waals surface area (Å²) in [5.74, 6) is 0.800. The third-order valence-electron chi connectivity index (χ3n) is 3.10.